The van der Waals surface area contributed by atoms with Crippen molar-refractivity contribution in [3.05, 3.63) is 16.3 Å². The molecular formula is C10H17N5O3. The third-order valence-corrected chi connectivity index (χ3v) is 3.06. The molecule has 3 N–H and O–H groups in total. The minimum atomic E-state index is -0.463. The molecule has 1 saturated carbocycles. The van der Waals surface area contributed by atoms with Gasteiger partial charge < -0.3 is 15.8 Å². The number of aryl methyl sites for hydroxylation is 1. The highest BCUT2D eigenvalue weighted by molar-refractivity contribution is 5.55. The molecular weight excluding hydrogens is 238 g/mol. The standard InChI is InChI=1S/C10H17N5O3/c1-3-18-8-4-6(11)9(8)12-10-7(15(16)17)5-14(2)13-10/h5-6,8-9H,3-4,11H2,1-2H3,(H,12,13). The average molecular weight is 255 g/mol. The van der Waals surface area contributed by atoms with E-state index in [1.54, 1.807) is 7.05 Å². The van der Waals surface area contributed by atoms with Gasteiger partial charge in [0.1, 0.15) is 6.20 Å². The Morgan fingerprint density at radius 2 is 2.50 bits per heavy atom. The second-order valence-corrected chi connectivity index (χ2v) is 4.36. The zero-order chi connectivity index (χ0) is 13.3. The van der Waals surface area contributed by atoms with Crippen molar-refractivity contribution in [1.82, 2.24) is 9.78 Å². The number of hydrogen-bond acceptors (Lipinski definition) is 6. The van der Waals surface area contributed by atoms with Crippen LogP contribution in [0.15, 0.2) is 6.20 Å². The van der Waals surface area contributed by atoms with E-state index in [-0.39, 0.29) is 29.7 Å². The predicted octanol–water partition coefficient (Wildman–Crippen LogP) is 0.245. The maximum Gasteiger partial charge on any atom is 0.330 e. The van der Waals surface area contributed by atoms with Crippen LogP contribution in [-0.2, 0) is 11.8 Å². The number of nitro groups is 1. The van der Waals surface area contributed by atoms with E-state index in [0.29, 0.717) is 6.61 Å². The lowest BCUT2D eigenvalue weighted by atomic mass is 9.83. The van der Waals surface area contributed by atoms with Gasteiger partial charge in [-0.25, -0.2) is 0 Å². The Labute approximate surface area is 104 Å². The minimum absolute atomic E-state index is 0.00777. The van der Waals surface area contributed by atoms with Crippen molar-refractivity contribution in [1.29, 1.82) is 0 Å². The molecule has 0 spiro atoms. The third-order valence-electron chi connectivity index (χ3n) is 3.06. The molecule has 1 heterocycles. The van der Waals surface area contributed by atoms with E-state index in [2.05, 4.69) is 10.4 Å². The van der Waals surface area contributed by atoms with E-state index in [1.807, 2.05) is 6.92 Å². The van der Waals surface area contributed by atoms with Crippen molar-refractivity contribution in [2.24, 2.45) is 12.8 Å². The minimum Gasteiger partial charge on any atom is -0.376 e. The molecule has 0 bridgehead atoms. The van der Waals surface area contributed by atoms with Gasteiger partial charge in [-0.15, -0.1) is 5.10 Å². The lowest BCUT2D eigenvalue weighted by Crippen LogP contribution is -2.60. The fourth-order valence-electron chi connectivity index (χ4n) is 2.10. The van der Waals surface area contributed by atoms with Gasteiger partial charge in [-0.2, -0.15) is 0 Å². The molecule has 0 radical (unpaired) electrons. The summed E-state index contributed by atoms with van der Waals surface area (Å²) in [5.41, 5.74) is 5.83. The highest BCUT2D eigenvalue weighted by Gasteiger charge is 2.40. The maximum atomic E-state index is 10.9. The van der Waals surface area contributed by atoms with Gasteiger partial charge in [0.25, 0.3) is 0 Å². The van der Waals surface area contributed by atoms with Crippen molar-refractivity contribution in [3.8, 4) is 0 Å². The molecule has 0 aromatic carbocycles. The number of nitrogens with two attached hydrogens (primary N) is 1. The number of anilines is 1. The van der Waals surface area contributed by atoms with Crippen LogP contribution in [0.3, 0.4) is 0 Å². The van der Waals surface area contributed by atoms with Crippen LogP contribution >= 0.6 is 0 Å². The zero-order valence-corrected chi connectivity index (χ0v) is 10.4. The smallest absolute Gasteiger partial charge is 0.330 e. The Kier molecular flexibility index (Phi) is 3.48. The van der Waals surface area contributed by atoms with Gasteiger partial charge in [-0.3, -0.25) is 14.8 Å². The summed E-state index contributed by atoms with van der Waals surface area (Å²) in [5.74, 6) is 0.243. The Hall–Kier alpha value is -1.67. The fourth-order valence-corrected chi connectivity index (χ4v) is 2.10. The Morgan fingerprint density at radius 1 is 1.78 bits per heavy atom. The number of nitrogens with one attached hydrogen (secondary N) is 1. The lowest BCUT2D eigenvalue weighted by Gasteiger charge is -2.42. The summed E-state index contributed by atoms with van der Waals surface area (Å²) >= 11 is 0. The molecule has 0 aliphatic heterocycles. The van der Waals surface area contributed by atoms with Gasteiger partial charge in [0.05, 0.1) is 17.1 Å². The molecule has 1 aliphatic rings. The van der Waals surface area contributed by atoms with Crippen LogP contribution in [0.2, 0.25) is 0 Å². The first kappa shape index (κ1) is 12.8. The molecule has 8 nitrogen and oxygen atoms in total. The van der Waals surface area contributed by atoms with Crippen LogP contribution in [0.1, 0.15) is 13.3 Å². The molecule has 1 aromatic heterocycles. The number of hydrogen-bond donors (Lipinski definition) is 2. The molecule has 1 fully saturated rings. The molecule has 100 valence electrons. The molecule has 8 heteroatoms. The van der Waals surface area contributed by atoms with Crippen LogP contribution < -0.4 is 11.1 Å². The summed E-state index contributed by atoms with van der Waals surface area (Å²) < 4.78 is 6.90. The van der Waals surface area contributed by atoms with Crippen molar-refractivity contribution in [2.45, 2.75) is 31.5 Å². The van der Waals surface area contributed by atoms with Crippen molar-refractivity contribution < 1.29 is 9.66 Å². The first-order chi connectivity index (χ1) is 8.52. The first-order valence-electron chi connectivity index (χ1n) is 5.84. The van der Waals surface area contributed by atoms with Crippen LogP contribution in [0, 0.1) is 10.1 Å². The second kappa shape index (κ2) is 4.91. The molecule has 0 saturated heterocycles. The normalized spacial score (nSPS) is 26.7. The summed E-state index contributed by atoms with van der Waals surface area (Å²) in [6.45, 7) is 2.50. The van der Waals surface area contributed by atoms with Crippen LogP contribution in [0.25, 0.3) is 0 Å². The van der Waals surface area contributed by atoms with Crippen LogP contribution in [-0.4, -0.2) is 39.5 Å². The second-order valence-electron chi connectivity index (χ2n) is 4.36. The largest absolute Gasteiger partial charge is 0.376 e. The number of nitrogens with zero attached hydrogens (tertiary/aromatic N) is 3. The quantitative estimate of drug-likeness (QED) is 0.576. The van der Waals surface area contributed by atoms with E-state index >= 15 is 0 Å². The molecule has 18 heavy (non-hydrogen) atoms. The Bertz CT molecular complexity index is 445. The Morgan fingerprint density at radius 3 is 3.06 bits per heavy atom. The molecule has 2 rings (SSSR count). The highest BCUT2D eigenvalue weighted by atomic mass is 16.6. The van der Waals surface area contributed by atoms with E-state index in [0.717, 1.165) is 6.42 Å². The van der Waals surface area contributed by atoms with Crippen molar-refractivity contribution >= 4 is 11.5 Å². The molecule has 1 aromatic rings. The van der Waals surface area contributed by atoms with E-state index in [4.69, 9.17) is 10.5 Å². The fraction of sp³-hybridized carbons (Fsp3) is 0.700. The molecule has 0 amide bonds. The van der Waals surface area contributed by atoms with Gasteiger partial charge >= 0.3 is 5.69 Å². The van der Waals surface area contributed by atoms with E-state index < -0.39 is 4.92 Å². The van der Waals surface area contributed by atoms with Crippen LogP contribution in [0.5, 0.6) is 0 Å². The SMILES string of the molecule is CCOC1CC(N)C1Nc1nn(C)cc1[N+](=O)[O-]. The lowest BCUT2D eigenvalue weighted by molar-refractivity contribution is -0.384. The average Bonchev–Trinajstić information content (AvgIpc) is 2.67. The summed E-state index contributed by atoms with van der Waals surface area (Å²) in [6.07, 6.45) is 2.11. The molecule has 1 aliphatic carbocycles. The number of rotatable bonds is 5. The summed E-state index contributed by atoms with van der Waals surface area (Å²) in [5, 5.41) is 17.9. The third kappa shape index (κ3) is 2.29. The molecule has 3 unspecified atom stereocenters. The predicted molar refractivity (Wildman–Crippen MR) is 65.3 cm³/mol. The first-order valence-corrected chi connectivity index (χ1v) is 5.84. The van der Waals surface area contributed by atoms with E-state index in [9.17, 15) is 10.1 Å². The van der Waals surface area contributed by atoms with Gasteiger partial charge in [-0.1, -0.05) is 0 Å². The van der Waals surface area contributed by atoms with Crippen molar-refractivity contribution in [3.63, 3.8) is 0 Å². The summed E-state index contributed by atoms with van der Waals surface area (Å²) in [7, 11) is 1.64. The highest BCUT2D eigenvalue weighted by Crippen LogP contribution is 2.29. The molecule has 3 atom stereocenters. The number of ether oxygens (including phenoxy) is 1. The Balaban J connectivity index is 2.11. The topological polar surface area (TPSA) is 108 Å². The summed E-state index contributed by atoms with van der Waals surface area (Å²) in [4.78, 5) is 10.4. The van der Waals surface area contributed by atoms with Crippen molar-refractivity contribution in [2.75, 3.05) is 11.9 Å². The zero-order valence-electron chi connectivity index (χ0n) is 10.4. The van der Waals surface area contributed by atoms with Gasteiger partial charge in [-0.05, 0) is 13.3 Å². The summed E-state index contributed by atoms with van der Waals surface area (Å²) in [6, 6.07) is -0.193. The van der Waals surface area contributed by atoms with Gasteiger partial charge in [0.2, 0.25) is 5.82 Å². The monoisotopic (exact) mass is 255 g/mol. The van der Waals surface area contributed by atoms with E-state index in [1.165, 1.54) is 10.9 Å². The van der Waals surface area contributed by atoms with Crippen LogP contribution in [0.4, 0.5) is 11.5 Å². The maximum absolute atomic E-state index is 10.9. The van der Waals surface area contributed by atoms with Gasteiger partial charge in [0.15, 0.2) is 0 Å². The van der Waals surface area contributed by atoms with Gasteiger partial charge in [0, 0.05) is 19.7 Å². The number of aromatic nitrogens is 2.